The zero-order chi connectivity index (χ0) is 25.0. The third kappa shape index (κ3) is 5.50. The van der Waals surface area contributed by atoms with Gasteiger partial charge in [-0.05, 0) is 87.1 Å². The van der Waals surface area contributed by atoms with E-state index in [4.69, 9.17) is 0 Å². The first-order chi connectivity index (χ1) is 16.0. The van der Waals surface area contributed by atoms with E-state index in [1.807, 2.05) is 46.8 Å². The van der Waals surface area contributed by atoms with Crippen molar-refractivity contribution in [1.29, 1.82) is 0 Å². The van der Waals surface area contributed by atoms with E-state index >= 15 is 0 Å². The second-order valence-corrected chi connectivity index (χ2v) is 10.8. The van der Waals surface area contributed by atoms with E-state index in [0.29, 0.717) is 12.1 Å². The molecule has 1 N–H and O–H groups in total. The van der Waals surface area contributed by atoms with Crippen LogP contribution in [-0.2, 0) is 21.2 Å². The monoisotopic (exact) mass is 478 g/mol. The average Bonchev–Trinajstić information content (AvgIpc) is 2.80. The number of rotatable bonds is 8. The lowest BCUT2D eigenvalue weighted by molar-refractivity contribution is -0.120. The van der Waals surface area contributed by atoms with Crippen LogP contribution in [0.5, 0.6) is 0 Å². The van der Waals surface area contributed by atoms with Gasteiger partial charge in [0.05, 0.1) is 16.6 Å². The summed E-state index contributed by atoms with van der Waals surface area (Å²) in [6, 6.07) is 18.0. The quantitative estimate of drug-likeness (QED) is 0.461. The molecule has 0 radical (unpaired) electrons. The Balaban J connectivity index is 1.95. The van der Waals surface area contributed by atoms with Gasteiger partial charge in [-0.25, -0.2) is 8.42 Å². The SMILES string of the molecule is CCc1ccccc1N(CC(=O)N[C@H](C)c1cc(C)c(C)cc1C)S(=O)(=O)c1ccc(C)cc1. The lowest BCUT2D eigenvalue weighted by Crippen LogP contribution is -2.42. The van der Waals surface area contributed by atoms with Crippen LogP contribution in [0.15, 0.2) is 65.6 Å². The number of sulfonamides is 1. The van der Waals surface area contributed by atoms with Gasteiger partial charge in [0.2, 0.25) is 5.91 Å². The Hall–Kier alpha value is -3.12. The minimum absolute atomic E-state index is 0.162. The molecular weight excluding hydrogens is 444 g/mol. The summed E-state index contributed by atoms with van der Waals surface area (Å²) in [6.07, 6.45) is 0.649. The van der Waals surface area contributed by atoms with Gasteiger partial charge in [0.25, 0.3) is 10.0 Å². The van der Waals surface area contributed by atoms with Crippen LogP contribution in [0, 0.1) is 27.7 Å². The second kappa shape index (κ2) is 10.4. The lowest BCUT2D eigenvalue weighted by Gasteiger charge is -2.27. The molecule has 1 atom stereocenters. The van der Waals surface area contributed by atoms with E-state index in [1.165, 1.54) is 9.87 Å². The van der Waals surface area contributed by atoms with Crippen molar-refractivity contribution in [3.05, 3.63) is 94.0 Å². The Morgan fingerprint density at radius 2 is 1.53 bits per heavy atom. The van der Waals surface area contributed by atoms with Crippen LogP contribution in [0.1, 0.15) is 53.3 Å². The molecule has 3 rings (SSSR count). The van der Waals surface area contributed by atoms with Crippen molar-refractivity contribution in [3.8, 4) is 0 Å². The van der Waals surface area contributed by atoms with Gasteiger partial charge >= 0.3 is 0 Å². The molecule has 0 bridgehead atoms. The summed E-state index contributed by atoms with van der Waals surface area (Å²) >= 11 is 0. The topological polar surface area (TPSA) is 66.5 Å². The predicted octanol–water partition coefficient (Wildman–Crippen LogP) is 5.56. The smallest absolute Gasteiger partial charge is 0.264 e. The molecular formula is C28H34N2O3S. The van der Waals surface area contributed by atoms with Gasteiger partial charge in [-0.2, -0.15) is 0 Å². The zero-order valence-corrected chi connectivity index (χ0v) is 21.7. The Morgan fingerprint density at radius 1 is 0.912 bits per heavy atom. The van der Waals surface area contributed by atoms with E-state index in [0.717, 1.165) is 27.8 Å². The number of carbonyl (C=O) groups excluding carboxylic acids is 1. The first-order valence-electron chi connectivity index (χ1n) is 11.6. The number of benzene rings is 3. The second-order valence-electron chi connectivity index (χ2n) is 8.89. The van der Waals surface area contributed by atoms with E-state index in [9.17, 15) is 13.2 Å². The van der Waals surface area contributed by atoms with E-state index in [-0.39, 0.29) is 23.4 Å². The highest BCUT2D eigenvalue weighted by molar-refractivity contribution is 7.92. The fraction of sp³-hybridized carbons (Fsp3) is 0.321. The molecule has 3 aromatic carbocycles. The van der Waals surface area contributed by atoms with Crippen LogP contribution in [-0.4, -0.2) is 20.9 Å². The number of nitrogens with zero attached hydrogens (tertiary/aromatic N) is 1. The Morgan fingerprint density at radius 3 is 2.18 bits per heavy atom. The molecule has 0 aliphatic heterocycles. The third-order valence-electron chi connectivity index (χ3n) is 6.26. The van der Waals surface area contributed by atoms with Crippen LogP contribution in [0.25, 0.3) is 0 Å². The Kier molecular flexibility index (Phi) is 7.82. The van der Waals surface area contributed by atoms with Crippen LogP contribution >= 0.6 is 0 Å². The van der Waals surface area contributed by atoms with Crippen molar-refractivity contribution >= 4 is 21.6 Å². The highest BCUT2D eigenvalue weighted by Gasteiger charge is 2.29. The molecule has 5 nitrogen and oxygen atoms in total. The normalized spacial score (nSPS) is 12.3. The van der Waals surface area contributed by atoms with Gasteiger partial charge < -0.3 is 5.32 Å². The standard InChI is InChI=1S/C28H34N2O3S/c1-7-24-10-8-9-11-27(24)30(34(32,33)25-14-12-19(2)13-15-25)18-28(31)29-23(6)26-17-21(4)20(3)16-22(26)5/h8-17,23H,7,18H2,1-6H3,(H,29,31)/t23-/m1/s1. The summed E-state index contributed by atoms with van der Waals surface area (Å²) < 4.78 is 28.6. The van der Waals surface area contributed by atoms with Gasteiger partial charge in [-0.3, -0.25) is 9.10 Å². The molecule has 0 fully saturated rings. The number of anilines is 1. The maximum absolute atomic E-state index is 13.7. The third-order valence-corrected chi connectivity index (χ3v) is 8.04. The molecule has 0 aliphatic rings. The number of carbonyl (C=O) groups is 1. The van der Waals surface area contributed by atoms with Crippen molar-refractivity contribution in [2.24, 2.45) is 0 Å². The van der Waals surface area contributed by atoms with Crippen LogP contribution < -0.4 is 9.62 Å². The minimum Gasteiger partial charge on any atom is -0.348 e. The molecule has 0 aromatic heterocycles. The van der Waals surface area contributed by atoms with Gasteiger partial charge in [0.1, 0.15) is 6.54 Å². The van der Waals surface area contributed by atoms with Crippen LogP contribution in [0.2, 0.25) is 0 Å². The van der Waals surface area contributed by atoms with Crippen molar-refractivity contribution < 1.29 is 13.2 Å². The number of hydrogen-bond acceptors (Lipinski definition) is 3. The fourth-order valence-electron chi connectivity index (χ4n) is 4.13. The maximum atomic E-state index is 13.7. The summed E-state index contributed by atoms with van der Waals surface area (Å²) in [5, 5.41) is 3.01. The first-order valence-corrected chi connectivity index (χ1v) is 13.0. The number of amides is 1. The van der Waals surface area contributed by atoms with E-state index in [1.54, 1.807) is 36.4 Å². The molecule has 0 heterocycles. The predicted molar refractivity (Wildman–Crippen MR) is 139 cm³/mol. The maximum Gasteiger partial charge on any atom is 0.264 e. The van der Waals surface area contributed by atoms with Gasteiger partial charge in [0, 0.05) is 0 Å². The highest BCUT2D eigenvalue weighted by Crippen LogP contribution is 2.28. The van der Waals surface area contributed by atoms with Crippen molar-refractivity contribution in [2.75, 3.05) is 10.8 Å². The van der Waals surface area contributed by atoms with Gasteiger partial charge in [0.15, 0.2) is 0 Å². The minimum atomic E-state index is -3.95. The molecule has 0 unspecified atom stereocenters. The van der Waals surface area contributed by atoms with Crippen LogP contribution in [0.3, 0.4) is 0 Å². The number of hydrogen-bond donors (Lipinski definition) is 1. The molecule has 1 amide bonds. The zero-order valence-electron chi connectivity index (χ0n) is 20.8. The van der Waals surface area contributed by atoms with Gasteiger partial charge in [-0.1, -0.05) is 55.0 Å². The summed E-state index contributed by atoms with van der Waals surface area (Å²) in [4.78, 5) is 13.4. The molecule has 180 valence electrons. The van der Waals surface area contributed by atoms with Crippen molar-refractivity contribution in [1.82, 2.24) is 5.32 Å². The van der Waals surface area contributed by atoms with Crippen LogP contribution in [0.4, 0.5) is 5.69 Å². The first kappa shape index (κ1) is 25.5. The molecule has 0 aliphatic carbocycles. The molecule has 3 aromatic rings. The Bertz CT molecular complexity index is 1280. The molecule has 0 spiro atoms. The lowest BCUT2D eigenvalue weighted by atomic mass is 9.96. The molecule has 6 heteroatoms. The summed E-state index contributed by atoms with van der Waals surface area (Å²) in [6.45, 7) is 11.6. The number of nitrogens with one attached hydrogen (secondary N) is 1. The van der Waals surface area contributed by atoms with Crippen molar-refractivity contribution in [2.45, 2.75) is 58.9 Å². The molecule has 0 saturated heterocycles. The molecule has 34 heavy (non-hydrogen) atoms. The number of aryl methyl sites for hydroxylation is 5. The fourth-order valence-corrected chi connectivity index (χ4v) is 5.59. The van der Waals surface area contributed by atoms with Crippen molar-refractivity contribution in [3.63, 3.8) is 0 Å². The summed E-state index contributed by atoms with van der Waals surface area (Å²) in [7, 11) is -3.95. The Labute approximate surface area is 203 Å². The number of para-hydroxylation sites is 1. The summed E-state index contributed by atoms with van der Waals surface area (Å²) in [5.74, 6) is -0.355. The largest absolute Gasteiger partial charge is 0.348 e. The van der Waals surface area contributed by atoms with Gasteiger partial charge in [-0.15, -0.1) is 0 Å². The van der Waals surface area contributed by atoms with E-state index in [2.05, 4.69) is 24.4 Å². The molecule has 0 saturated carbocycles. The van der Waals surface area contributed by atoms with E-state index < -0.39 is 10.0 Å². The average molecular weight is 479 g/mol. The highest BCUT2D eigenvalue weighted by atomic mass is 32.2. The summed E-state index contributed by atoms with van der Waals surface area (Å²) in [5.41, 5.74) is 6.83.